The van der Waals surface area contributed by atoms with Gasteiger partial charge in [0.25, 0.3) is 0 Å². The molecule has 0 aliphatic heterocycles. The molecule has 0 N–H and O–H groups in total. The molecule has 0 radical (unpaired) electrons. The zero-order chi connectivity index (χ0) is 10.5. The van der Waals surface area contributed by atoms with Crippen molar-refractivity contribution in [3.63, 3.8) is 0 Å². The standard InChI is InChI=1S/C11H27NS/c1-7-8-9-10-13(5,6)12(4)11(2)3/h11H,7-10H2,1-6H3. The Bertz CT molecular complexity index is 132. The predicted octanol–water partition coefficient (Wildman–Crippen LogP) is 3.50. The molecule has 0 saturated carbocycles. The summed E-state index contributed by atoms with van der Waals surface area (Å²) in [5, 5.41) is 0. The molecular weight excluding hydrogens is 178 g/mol. The summed E-state index contributed by atoms with van der Waals surface area (Å²) in [5.41, 5.74) is 0. The van der Waals surface area contributed by atoms with Gasteiger partial charge in [-0.15, -0.1) is 0 Å². The first-order valence-electron chi connectivity index (χ1n) is 5.35. The maximum atomic E-state index is 2.56. The van der Waals surface area contributed by atoms with Crippen LogP contribution in [0.1, 0.15) is 40.0 Å². The molecule has 0 unspecified atom stereocenters. The van der Waals surface area contributed by atoms with Gasteiger partial charge in [0.15, 0.2) is 0 Å². The van der Waals surface area contributed by atoms with Crippen molar-refractivity contribution in [1.29, 1.82) is 0 Å². The fraction of sp³-hybridized carbons (Fsp3) is 1.00. The molecule has 0 heterocycles. The molecule has 0 aromatic rings. The number of unbranched alkanes of at least 4 members (excludes halogenated alkanes) is 2. The Hall–Kier alpha value is 0.310. The van der Waals surface area contributed by atoms with Crippen LogP contribution < -0.4 is 0 Å². The van der Waals surface area contributed by atoms with Crippen LogP contribution in [0.15, 0.2) is 0 Å². The average Bonchev–Trinajstić information content (AvgIpc) is 2.03. The highest BCUT2D eigenvalue weighted by molar-refractivity contribution is 8.30. The summed E-state index contributed by atoms with van der Waals surface area (Å²) in [7, 11) is 1.77. The Kier molecular flexibility index (Phi) is 6.06. The molecule has 0 spiro atoms. The monoisotopic (exact) mass is 205 g/mol. The van der Waals surface area contributed by atoms with Crippen molar-refractivity contribution in [2.24, 2.45) is 0 Å². The van der Waals surface area contributed by atoms with E-state index in [-0.39, 0.29) is 0 Å². The van der Waals surface area contributed by atoms with Gasteiger partial charge in [0.2, 0.25) is 0 Å². The number of rotatable bonds is 6. The van der Waals surface area contributed by atoms with Crippen LogP contribution in [-0.2, 0) is 0 Å². The van der Waals surface area contributed by atoms with E-state index >= 15 is 0 Å². The van der Waals surface area contributed by atoms with E-state index in [1.807, 2.05) is 0 Å². The minimum atomic E-state index is -0.498. The van der Waals surface area contributed by atoms with Crippen molar-refractivity contribution in [2.45, 2.75) is 46.1 Å². The summed E-state index contributed by atoms with van der Waals surface area (Å²) in [5.74, 6) is 1.40. The summed E-state index contributed by atoms with van der Waals surface area (Å²) in [4.78, 5) is 0. The summed E-state index contributed by atoms with van der Waals surface area (Å²) in [6, 6.07) is 0.687. The van der Waals surface area contributed by atoms with E-state index in [0.29, 0.717) is 6.04 Å². The van der Waals surface area contributed by atoms with E-state index in [4.69, 9.17) is 0 Å². The Morgan fingerprint density at radius 3 is 2.08 bits per heavy atom. The third-order valence-electron chi connectivity index (χ3n) is 2.75. The van der Waals surface area contributed by atoms with Gasteiger partial charge in [-0.05, 0) is 45.6 Å². The number of nitrogens with zero attached hydrogens (tertiary/aromatic N) is 1. The van der Waals surface area contributed by atoms with E-state index in [1.165, 1.54) is 25.0 Å². The van der Waals surface area contributed by atoms with Crippen molar-refractivity contribution in [3.8, 4) is 0 Å². The zero-order valence-corrected chi connectivity index (χ0v) is 11.1. The van der Waals surface area contributed by atoms with Gasteiger partial charge in [0.1, 0.15) is 0 Å². The van der Waals surface area contributed by atoms with E-state index in [0.717, 1.165) is 0 Å². The SMILES string of the molecule is CCCCCS(C)(C)N(C)C(C)C. The lowest BCUT2D eigenvalue weighted by atomic mass is 10.3. The molecule has 0 amide bonds. The van der Waals surface area contributed by atoms with Gasteiger partial charge in [0.05, 0.1) is 0 Å². The lowest BCUT2D eigenvalue weighted by Crippen LogP contribution is -2.30. The van der Waals surface area contributed by atoms with Crippen molar-refractivity contribution in [2.75, 3.05) is 25.3 Å². The molecule has 13 heavy (non-hydrogen) atoms. The molecule has 1 nitrogen and oxygen atoms in total. The quantitative estimate of drug-likeness (QED) is 0.600. The van der Waals surface area contributed by atoms with Crippen LogP contribution in [0.4, 0.5) is 0 Å². The molecule has 0 aliphatic carbocycles. The summed E-state index contributed by atoms with van der Waals surface area (Å²) in [6.45, 7) is 6.84. The van der Waals surface area contributed by atoms with Gasteiger partial charge < -0.3 is 0 Å². The fourth-order valence-corrected chi connectivity index (χ4v) is 3.76. The molecule has 0 aliphatic rings. The summed E-state index contributed by atoms with van der Waals surface area (Å²) < 4.78 is 2.56. The van der Waals surface area contributed by atoms with Gasteiger partial charge in [-0.3, -0.25) is 4.31 Å². The normalized spacial score (nSPS) is 14.2. The summed E-state index contributed by atoms with van der Waals surface area (Å²) in [6.07, 6.45) is 8.99. The molecule has 0 saturated heterocycles. The van der Waals surface area contributed by atoms with Crippen molar-refractivity contribution in [1.82, 2.24) is 4.31 Å². The van der Waals surface area contributed by atoms with E-state index in [9.17, 15) is 0 Å². The molecule has 0 bridgehead atoms. The largest absolute Gasteiger partial charge is 0.269 e. The lowest BCUT2D eigenvalue weighted by molar-refractivity contribution is 0.457. The van der Waals surface area contributed by atoms with E-state index in [2.05, 4.69) is 44.6 Å². The fourth-order valence-electron chi connectivity index (χ4n) is 1.42. The van der Waals surface area contributed by atoms with Crippen molar-refractivity contribution in [3.05, 3.63) is 0 Å². The van der Waals surface area contributed by atoms with Gasteiger partial charge in [-0.2, -0.15) is 10.2 Å². The first-order valence-corrected chi connectivity index (χ1v) is 7.93. The highest BCUT2D eigenvalue weighted by Gasteiger charge is 2.19. The highest BCUT2D eigenvalue weighted by atomic mass is 32.3. The maximum Gasteiger partial charge on any atom is 0.0127 e. The van der Waals surface area contributed by atoms with Gasteiger partial charge in [-0.25, -0.2) is 0 Å². The number of hydrogen-bond acceptors (Lipinski definition) is 1. The minimum absolute atomic E-state index is 0.498. The maximum absolute atomic E-state index is 2.56. The molecule has 0 aromatic carbocycles. The highest BCUT2D eigenvalue weighted by Crippen LogP contribution is 2.44. The number of hydrogen-bond donors (Lipinski definition) is 0. The molecule has 2 heteroatoms. The second kappa shape index (κ2) is 5.92. The average molecular weight is 205 g/mol. The zero-order valence-electron chi connectivity index (χ0n) is 10.3. The molecular formula is C11H27NS. The second-order valence-electron chi connectivity index (χ2n) is 4.53. The first-order chi connectivity index (χ1) is 5.91. The Morgan fingerprint density at radius 2 is 1.69 bits per heavy atom. The van der Waals surface area contributed by atoms with Crippen LogP contribution in [0.3, 0.4) is 0 Å². The predicted molar refractivity (Wildman–Crippen MR) is 66.7 cm³/mol. The van der Waals surface area contributed by atoms with Crippen LogP contribution in [-0.4, -0.2) is 35.7 Å². The smallest absolute Gasteiger partial charge is 0.0127 e. The molecule has 0 aromatic heterocycles. The Morgan fingerprint density at radius 1 is 1.15 bits per heavy atom. The molecule has 82 valence electrons. The second-order valence-corrected chi connectivity index (χ2v) is 8.47. The van der Waals surface area contributed by atoms with Crippen molar-refractivity contribution >= 4 is 10.2 Å². The Balaban J connectivity index is 3.91. The van der Waals surface area contributed by atoms with E-state index in [1.54, 1.807) is 0 Å². The first kappa shape index (κ1) is 13.3. The van der Waals surface area contributed by atoms with Crippen LogP contribution >= 0.6 is 10.2 Å². The molecule has 0 fully saturated rings. The minimum Gasteiger partial charge on any atom is -0.269 e. The Labute approximate surface area is 86.3 Å². The summed E-state index contributed by atoms with van der Waals surface area (Å²) >= 11 is 0. The molecule has 0 atom stereocenters. The third kappa shape index (κ3) is 4.92. The van der Waals surface area contributed by atoms with Gasteiger partial charge in [-0.1, -0.05) is 19.8 Å². The van der Waals surface area contributed by atoms with Crippen LogP contribution in [0, 0.1) is 0 Å². The van der Waals surface area contributed by atoms with E-state index < -0.39 is 10.2 Å². The van der Waals surface area contributed by atoms with Gasteiger partial charge >= 0.3 is 0 Å². The van der Waals surface area contributed by atoms with Gasteiger partial charge in [0, 0.05) is 6.04 Å². The third-order valence-corrected chi connectivity index (χ3v) is 6.02. The lowest BCUT2D eigenvalue weighted by Gasteiger charge is -2.43. The van der Waals surface area contributed by atoms with Crippen LogP contribution in [0.5, 0.6) is 0 Å². The molecule has 0 rings (SSSR count). The van der Waals surface area contributed by atoms with Crippen molar-refractivity contribution < 1.29 is 0 Å². The van der Waals surface area contributed by atoms with Crippen LogP contribution in [0.25, 0.3) is 0 Å². The topological polar surface area (TPSA) is 3.24 Å². The van der Waals surface area contributed by atoms with Crippen LogP contribution in [0.2, 0.25) is 0 Å².